The quantitative estimate of drug-likeness (QED) is 0.719. The van der Waals surface area contributed by atoms with Crippen LogP contribution in [0.5, 0.6) is 0 Å². The van der Waals surface area contributed by atoms with E-state index in [1.165, 1.54) is 29.7 Å². The molecule has 0 aliphatic carbocycles. The fourth-order valence-electron chi connectivity index (χ4n) is 1.92. The molecule has 90 valence electrons. The van der Waals surface area contributed by atoms with Crippen LogP contribution in [-0.2, 0) is 5.33 Å². The van der Waals surface area contributed by atoms with Gasteiger partial charge in [0, 0.05) is 24.1 Å². The Hall–Kier alpha value is -0.500. The largest absolute Gasteiger partial charge is 0.372 e. The maximum atomic E-state index is 3.51. The van der Waals surface area contributed by atoms with E-state index in [0.717, 1.165) is 5.33 Å². The van der Waals surface area contributed by atoms with Crippen LogP contribution >= 0.6 is 15.9 Å². The molecule has 1 nitrogen and oxygen atoms in total. The van der Waals surface area contributed by atoms with Crippen molar-refractivity contribution in [3.63, 3.8) is 0 Å². The van der Waals surface area contributed by atoms with Crippen LogP contribution < -0.4 is 4.90 Å². The summed E-state index contributed by atoms with van der Waals surface area (Å²) >= 11 is 3.51. The molecule has 1 atom stereocenters. The van der Waals surface area contributed by atoms with Crippen LogP contribution in [0.1, 0.15) is 37.8 Å². The number of hydrogen-bond acceptors (Lipinski definition) is 1. The molecule has 0 spiro atoms. The highest BCUT2D eigenvalue weighted by atomic mass is 79.9. The van der Waals surface area contributed by atoms with Crippen molar-refractivity contribution in [1.82, 2.24) is 0 Å². The van der Waals surface area contributed by atoms with Crippen LogP contribution in [0.3, 0.4) is 0 Å². The lowest BCUT2D eigenvalue weighted by Crippen LogP contribution is -2.28. The van der Waals surface area contributed by atoms with Crippen molar-refractivity contribution < 1.29 is 0 Å². The lowest BCUT2D eigenvalue weighted by Gasteiger charge is -2.27. The maximum Gasteiger partial charge on any atom is 0.0368 e. The van der Waals surface area contributed by atoms with Crippen LogP contribution in [0, 0.1) is 6.92 Å². The Morgan fingerprint density at radius 1 is 1.38 bits per heavy atom. The summed E-state index contributed by atoms with van der Waals surface area (Å²) in [5.74, 6) is 0. The number of alkyl halides is 1. The minimum Gasteiger partial charge on any atom is -0.372 e. The van der Waals surface area contributed by atoms with Gasteiger partial charge in [0.1, 0.15) is 0 Å². The fourth-order valence-corrected chi connectivity index (χ4v) is 2.54. The van der Waals surface area contributed by atoms with E-state index in [2.05, 4.69) is 66.8 Å². The predicted molar refractivity (Wildman–Crippen MR) is 76.6 cm³/mol. The van der Waals surface area contributed by atoms with E-state index in [-0.39, 0.29) is 0 Å². The van der Waals surface area contributed by atoms with Crippen molar-refractivity contribution in [3.05, 3.63) is 29.3 Å². The van der Waals surface area contributed by atoms with Gasteiger partial charge in [0.2, 0.25) is 0 Å². The summed E-state index contributed by atoms with van der Waals surface area (Å²) in [5.41, 5.74) is 4.06. The van der Waals surface area contributed by atoms with Gasteiger partial charge in [0.25, 0.3) is 0 Å². The molecule has 0 saturated carbocycles. The van der Waals surface area contributed by atoms with Crippen LogP contribution in [-0.4, -0.2) is 13.1 Å². The van der Waals surface area contributed by atoms with Gasteiger partial charge in [-0.2, -0.15) is 0 Å². The van der Waals surface area contributed by atoms with Crippen molar-refractivity contribution >= 4 is 21.6 Å². The van der Waals surface area contributed by atoms with Gasteiger partial charge >= 0.3 is 0 Å². The zero-order valence-electron chi connectivity index (χ0n) is 10.8. The molecule has 0 aromatic heterocycles. The van der Waals surface area contributed by atoms with Crippen molar-refractivity contribution in [1.29, 1.82) is 0 Å². The molecule has 2 heteroatoms. The van der Waals surface area contributed by atoms with Gasteiger partial charge in [-0.25, -0.2) is 0 Å². The van der Waals surface area contributed by atoms with Gasteiger partial charge < -0.3 is 4.90 Å². The second-order valence-electron chi connectivity index (χ2n) is 4.49. The first kappa shape index (κ1) is 13.6. The summed E-state index contributed by atoms with van der Waals surface area (Å²) in [6, 6.07) is 7.33. The molecule has 0 saturated heterocycles. The van der Waals surface area contributed by atoms with E-state index < -0.39 is 0 Å². The van der Waals surface area contributed by atoms with Gasteiger partial charge in [0.05, 0.1) is 0 Å². The van der Waals surface area contributed by atoms with E-state index >= 15 is 0 Å². The Balaban J connectivity index is 2.84. The Morgan fingerprint density at radius 2 is 2.06 bits per heavy atom. The molecule has 0 fully saturated rings. The number of rotatable bonds is 5. The molecule has 0 amide bonds. The first-order valence-electron chi connectivity index (χ1n) is 5.98. The molecule has 1 unspecified atom stereocenters. The number of aryl methyl sites for hydroxylation is 1. The Kier molecular flexibility index (Phi) is 5.33. The molecule has 16 heavy (non-hydrogen) atoms. The average molecular weight is 284 g/mol. The Morgan fingerprint density at radius 3 is 2.56 bits per heavy atom. The SMILES string of the molecule is CCCC(C)N(C)c1ccc(CBr)c(C)c1. The Bertz CT molecular complexity index is 336. The molecule has 0 bridgehead atoms. The molecule has 0 radical (unpaired) electrons. The van der Waals surface area contributed by atoms with E-state index in [1.807, 2.05) is 0 Å². The molecule has 0 heterocycles. The summed E-state index contributed by atoms with van der Waals surface area (Å²) in [7, 11) is 2.18. The van der Waals surface area contributed by atoms with E-state index in [9.17, 15) is 0 Å². The fraction of sp³-hybridized carbons (Fsp3) is 0.571. The lowest BCUT2D eigenvalue weighted by atomic mass is 10.1. The van der Waals surface area contributed by atoms with Gasteiger partial charge in [-0.15, -0.1) is 0 Å². The van der Waals surface area contributed by atoms with Gasteiger partial charge in [-0.3, -0.25) is 0 Å². The van der Waals surface area contributed by atoms with Gasteiger partial charge in [-0.1, -0.05) is 35.3 Å². The van der Waals surface area contributed by atoms with Crippen LogP contribution in [0.2, 0.25) is 0 Å². The molecular weight excluding hydrogens is 262 g/mol. The third-order valence-electron chi connectivity index (χ3n) is 3.25. The molecular formula is C14H22BrN. The van der Waals surface area contributed by atoms with Gasteiger partial charge in [0.15, 0.2) is 0 Å². The third-order valence-corrected chi connectivity index (χ3v) is 3.85. The summed E-state index contributed by atoms with van der Waals surface area (Å²) in [6.07, 6.45) is 2.49. The summed E-state index contributed by atoms with van der Waals surface area (Å²) in [6.45, 7) is 6.71. The van der Waals surface area contributed by atoms with E-state index in [1.54, 1.807) is 0 Å². The van der Waals surface area contributed by atoms with E-state index in [4.69, 9.17) is 0 Å². The number of benzene rings is 1. The normalized spacial score (nSPS) is 12.6. The number of hydrogen-bond donors (Lipinski definition) is 0. The van der Waals surface area contributed by atoms with Gasteiger partial charge in [-0.05, 0) is 43.5 Å². The van der Waals surface area contributed by atoms with Crippen LogP contribution in [0.25, 0.3) is 0 Å². The van der Waals surface area contributed by atoms with Crippen molar-refractivity contribution in [3.8, 4) is 0 Å². The topological polar surface area (TPSA) is 3.24 Å². The Labute approximate surface area is 108 Å². The number of anilines is 1. The zero-order valence-corrected chi connectivity index (χ0v) is 12.3. The first-order valence-corrected chi connectivity index (χ1v) is 7.10. The van der Waals surface area contributed by atoms with Crippen molar-refractivity contribution in [2.24, 2.45) is 0 Å². The minimum absolute atomic E-state index is 0.610. The maximum absolute atomic E-state index is 3.51. The van der Waals surface area contributed by atoms with Crippen LogP contribution in [0.4, 0.5) is 5.69 Å². The number of halogens is 1. The summed E-state index contributed by atoms with van der Waals surface area (Å²) < 4.78 is 0. The summed E-state index contributed by atoms with van der Waals surface area (Å²) in [4.78, 5) is 2.37. The van der Waals surface area contributed by atoms with Crippen molar-refractivity contribution in [2.45, 2.75) is 45.0 Å². The predicted octanol–water partition coefficient (Wildman–Crippen LogP) is 4.51. The second-order valence-corrected chi connectivity index (χ2v) is 5.05. The molecule has 0 aliphatic rings. The molecule has 0 N–H and O–H groups in total. The monoisotopic (exact) mass is 283 g/mol. The van der Waals surface area contributed by atoms with Crippen LogP contribution in [0.15, 0.2) is 18.2 Å². The van der Waals surface area contributed by atoms with Crippen molar-refractivity contribution in [2.75, 3.05) is 11.9 Å². The highest BCUT2D eigenvalue weighted by molar-refractivity contribution is 9.08. The minimum atomic E-state index is 0.610. The number of nitrogens with zero attached hydrogens (tertiary/aromatic N) is 1. The highest BCUT2D eigenvalue weighted by Crippen LogP contribution is 2.22. The molecule has 0 aliphatic heterocycles. The third kappa shape index (κ3) is 3.24. The zero-order chi connectivity index (χ0) is 12.1. The second kappa shape index (κ2) is 6.29. The van der Waals surface area contributed by atoms with E-state index in [0.29, 0.717) is 6.04 Å². The highest BCUT2D eigenvalue weighted by Gasteiger charge is 2.09. The summed E-state index contributed by atoms with van der Waals surface area (Å²) in [5, 5.41) is 0.938. The first-order chi connectivity index (χ1) is 7.60. The molecule has 1 rings (SSSR count). The molecule has 1 aromatic rings. The smallest absolute Gasteiger partial charge is 0.0368 e. The average Bonchev–Trinajstić information content (AvgIpc) is 2.28. The standard InChI is InChI=1S/C14H22BrN/c1-5-6-12(3)16(4)14-8-7-13(10-15)11(2)9-14/h7-9,12H,5-6,10H2,1-4H3. The lowest BCUT2D eigenvalue weighted by molar-refractivity contribution is 0.616. The molecule has 1 aromatic carbocycles.